The molecule has 0 saturated heterocycles. The zero-order chi connectivity index (χ0) is 31.5. The molecule has 43 heavy (non-hydrogen) atoms. The van der Waals surface area contributed by atoms with Crippen molar-refractivity contribution < 1.29 is 38.9 Å². The molecular weight excluding hydrogens is 588 g/mol. The predicted octanol–water partition coefficient (Wildman–Crippen LogP) is 10.9. The first kappa shape index (κ1) is 36.3. The predicted molar refractivity (Wildman–Crippen MR) is 173 cm³/mol. The van der Waals surface area contributed by atoms with E-state index in [1.807, 2.05) is 12.1 Å². The zero-order valence-corrected chi connectivity index (χ0v) is 26.9. The van der Waals surface area contributed by atoms with Gasteiger partial charge in [-0.15, -0.1) is 0 Å². The number of carbonyl (C=O) groups excluding carboxylic acids is 2. The van der Waals surface area contributed by atoms with Crippen molar-refractivity contribution in [2.75, 3.05) is 0 Å². The van der Waals surface area contributed by atoms with Crippen molar-refractivity contribution in [3.63, 3.8) is 0 Å². The lowest BCUT2D eigenvalue weighted by atomic mass is 9.89. The van der Waals surface area contributed by atoms with E-state index in [9.17, 15) is 19.2 Å². The van der Waals surface area contributed by atoms with Gasteiger partial charge in [-0.05, 0) is 37.3 Å². The quantitative estimate of drug-likeness (QED) is 0.0972. The normalized spacial score (nSPS) is 14.2. The highest BCUT2D eigenvalue weighted by molar-refractivity contribution is 8.25. The molecule has 1 aliphatic rings. The van der Waals surface area contributed by atoms with Gasteiger partial charge < -0.3 is 19.7 Å². The van der Waals surface area contributed by atoms with Crippen LogP contribution in [0.15, 0.2) is 23.8 Å². The standard InChI is InChI=1S/C33H44O8S2/c1-3-5-7-8-9-10-11-12-14-18-25(40-32(38)42-30(34)35)19-15-20-26-24(17-13-6-4-2)23-28-27(26)21-16-22-29(28)41-33(39)43-31(36)37/h16,21-23,25-26H,3-14,17-18,20H2,1-2H3,(H,34,35)(H,36,37). The van der Waals surface area contributed by atoms with Crippen LogP contribution in [0.1, 0.15) is 127 Å². The highest BCUT2D eigenvalue weighted by atomic mass is 32.2. The van der Waals surface area contributed by atoms with E-state index in [2.05, 4.69) is 25.7 Å². The molecule has 0 aromatic heterocycles. The number of fused-ring (bicyclic) bond motifs is 1. The molecule has 0 fully saturated rings. The van der Waals surface area contributed by atoms with Crippen LogP contribution < -0.4 is 4.74 Å². The molecule has 0 saturated carbocycles. The number of allylic oxidation sites excluding steroid dienone is 1. The molecule has 0 amide bonds. The summed E-state index contributed by atoms with van der Waals surface area (Å²) >= 11 is 0.195. The molecular formula is C33H44O8S2. The van der Waals surface area contributed by atoms with Crippen molar-refractivity contribution in [3.8, 4) is 17.6 Å². The van der Waals surface area contributed by atoms with E-state index < -0.39 is 27.3 Å². The first-order valence-electron chi connectivity index (χ1n) is 15.3. The number of hydrogen-bond donors (Lipinski definition) is 2. The second-order valence-electron chi connectivity index (χ2n) is 10.6. The van der Waals surface area contributed by atoms with Gasteiger partial charge in [-0.25, -0.2) is 19.2 Å². The highest BCUT2D eigenvalue weighted by Gasteiger charge is 2.28. The van der Waals surface area contributed by atoms with Crippen LogP contribution >= 0.6 is 23.5 Å². The molecule has 0 spiro atoms. The van der Waals surface area contributed by atoms with Crippen LogP contribution in [0.5, 0.6) is 5.75 Å². The molecule has 2 rings (SSSR count). The van der Waals surface area contributed by atoms with Crippen LogP contribution in [0.25, 0.3) is 6.08 Å². The fraction of sp³-hybridized carbons (Fsp3) is 0.576. The highest BCUT2D eigenvalue weighted by Crippen LogP contribution is 2.44. The third kappa shape index (κ3) is 14.4. The monoisotopic (exact) mass is 632 g/mol. The molecule has 0 bridgehead atoms. The number of benzene rings is 1. The molecule has 0 aliphatic heterocycles. The zero-order valence-electron chi connectivity index (χ0n) is 25.2. The Kier molecular flexibility index (Phi) is 17.6. The number of rotatable bonds is 17. The Morgan fingerprint density at radius 1 is 0.837 bits per heavy atom. The molecule has 0 radical (unpaired) electrons. The van der Waals surface area contributed by atoms with Crippen molar-refractivity contribution >= 4 is 50.8 Å². The van der Waals surface area contributed by atoms with E-state index in [-0.39, 0.29) is 29.4 Å². The van der Waals surface area contributed by atoms with Gasteiger partial charge in [0, 0.05) is 17.9 Å². The lowest BCUT2D eigenvalue weighted by Crippen LogP contribution is -2.14. The third-order valence-electron chi connectivity index (χ3n) is 7.23. The Labute approximate surface area is 263 Å². The molecule has 236 valence electrons. The number of thioether (sulfide) groups is 2. The van der Waals surface area contributed by atoms with Crippen molar-refractivity contribution in [3.05, 3.63) is 34.9 Å². The van der Waals surface area contributed by atoms with E-state index in [0.29, 0.717) is 18.6 Å². The van der Waals surface area contributed by atoms with Crippen LogP contribution in [-0.4, -0.2) is 37.5 Å². The number of carbonyl (C=O) groups is 4. The molecule has 8 nitrogen and oxygen atoms in total. The first-order valence-corrected chi connectivity index (χ1v) is 16.9. The Balaban J connectivity index is 2.11. The van der Waals surface area contributed by atoms with Gasteiger partial charge in [0.25, 0.3) is 0 Å². The molecule has 1 aliphatic carbocycles. The average Bonchev–Trinajstić information content (AvgIpc) is 3.29. The second kappa shape index (κ2) is 20.9. The molecule has 1 aromatic carbocycles. The third-order valence-corrected chi connectivity index (χ3v) is 8.10. The maximum absolute atomic E-state index is 12.1. The molecule has 2 unspecified atom stereocenters. The molecule has 2 N–H and O–H groups in total. The number of ether oxygens (including phenoxy) is 2. The van der Waals surface area contributed by atoms with Gasteiger partial charge in [0.05, 0.1) is 23.5 Å². The minimum absolute atomic E-state index is 0.0532. The average molecular weight is 633 g/mol. The lowest BCUT2D eigenvalue weighted by Gasteiger charge is -2.15. The summed E-state index contributed by atoms with van der Waals surface area (Å²) in [5.74, 6) is 6.54. The van der Waals surface area contributed by atoms with Gasteiger partial charge in [-0.2, -0.15) is 0 Å². The van der Waals surface area contributed by atoms with Gasteiger partial charge in [0.1, 0.15) is 5.75 Å². The van der Waals surface area contributed by atoms with Gasteiger partial charge in [-0.1, -0.05) is 114 Å². The van der Waals surface area contributed by atoms with Crippen LogP contribution in [-0.2, 0) is 4.74 Å². The van der Waals surface area contributed by atoms with E-state index >= 15 is 0 Å². The summed E-state index contributed by atoms with van der Waals surface area (Å²) in [6.45, 7) is 4.34. The van der Waals surface area contributed by atoms with E-state index in [1.165, 1.54) is 38.5 Å². The van der Waals surface area contributed by atoms with Gasteiger partial charge in [-0.3, -0.25) is 0 Å². The molecule has 1 aromatic rings. The van der Waals surface area contributed by atoms with Crippen LogP contribution in [0, 0.1) is 11.8 Å². The van der Waals surface area contributed by atoms with E-state index in [1.54, 1.807) is 12.1 Å². The topological polar surface area (TPSA) is 127 Å². The Bertz CT molecular complexity index is 1170. The Morgan fingerprint density at radius 2 is 1.44 bits per heavy atom. The minimum Gasteiger partial charge on any atom is -0.473 e. The summed E-state index contributed by atoms with van der Waals surface area (Å²) in [6, 6.07) is 5.37. The Hall–Kier alpha value is -2.90. The summed E-state index contributed by atoms with van der Waals surface area (Å²) in [4.78, 5) is 46.0. The number of carboxylic acid groups (broad SMARTS) is 2. The van der Waals surface area contributed by atoms with Crippen molar-refractivity contribution in [1.29, 1.82) is 0 Å². The van der Waals surface area contributed by atoms with Gasteiger partial charge >= 0.3 is 21.2 Å². The maximum Gasteiger partial charge on any atom is 0.383 e. The van der Waals surface area contributed by atoms with Gasteiger partial charge in [0.2, 0.25) is 0 Å². The smallest absolute Gasteiger partial charge is 0.383 e. The Morgan fingerprint density at radius 3 is 2.09 bits per heavy atom. The summed E-state index contributed by atoms with van der Waals surface area (Å²) in [5, 5.41) is 13.4. The lowest BCUT2D eigenvalue weighted by molar-refractivity contribution is 0.145. The van der Waals surface area contributed by atoms with Crippen LogP contribution in [0.3, 0.4) is 0 Å². The fourth-order valence-electron chi connectivity index (χ4n) is 5.13. The van der Waals surface area contributed by atoms with Crippen molar-refractivity contribution in [2.24, 2.45) is 0 Å². The first-order chi connectivity index (χ1) is 20.7. The van der Waals surface area contributed by atoms with Crippen LogP contribution in [0.2, 0.25) is 0 Å². The maximum atomic E-state index is 12.1. The summed E-state index contributed by atoms with van der Waals surface area (Å²) in [5.41, 5.74) is 2.84. The second-order valence-corrected chi connectivity index (χ2v) is 12.3. The van der Waals surface area contributed by atoms with E-state index in [0.717, 1.165) is 61.6 Å². The SMILES string of the molecule is CCCCCCCCCCCC(C#CCC1C(CCCCC)=Cc2c(OC(=O)SC(=O)O)cccc21)OC(=O)SC(=O)O. The minimum atomic E-state index is -1.33. The van der Waals surface area contributed by atoms with Crippen molar-refractivity contribution in [1.82, 2.24) is 0 Å². The number of unbranched alkanes of at least 4 members (excludes halogenated alkanes) is 10. The summed E-state index contributed by atoms with van der Waals surface area (Å²) in [7, 11) is 0. The number of hydrogen-bond acceptors (Lipinski definition) is 8. The van der Waals surface area contributed by atoms with Gasteiger partial charge in [0.15, 0.2) is 6.10 Å². The fourth-order valence-corrected chi connectivity index (χ4v) is 5.71. The van der Waals surface area contributed by atoms with E-state index in [4.69, 9.17) is 19.7 Å². The summed E-state index contributed by atoms with van der Waals surface area (Å²) < 4.78 is 10.8. The summed E-state index contributed by atoms with van der Waals surface area (Å²) in [6.07, 6.45) is 16.7. The largest absolute Gasteiger partial charge is 0.473 e. The molecule has 2 atom stereocenters. The molecule has 0 heterocycles. The van der Waals surface area contributed by atoms with Crippen molar-refractivity contribution in [2.45, 2.75) is 122 Å². The van der Waals surface area contributed by atoms with Crippen LogP contribution in [0.4, 0.5) is 19.2 Å². The molecule has 10 heteroatoms.